The number of carbonyl (C=O) groups excluding carboxylic acids is 4. The van der Waals surface area contributed by atoms with Gasteiger partial charge in [-0.2, -0.15) is 0 Å². The summed E-state index contributed by atoms with van der Waals surface area (Å²) < 4.78 is 11.2. The van der Waals surface area contributed by atoms with Crippen molar-refractivity contribution in [1.29, 1.82) is 0 Å². The van der Waals surface area contributed by atoms with E-state index >= 15 is 0 Å². The molecule has 0 aromatic carbocycles. The van der Waals surface area contributed by atoms with E-state index in [1.54, 1.807) is 0 Å². The standard InChI is InChI=1S/C55H88N2O8/c1-32-10-16-48(62)64-26-27-65-49(63)17-11-33(2)39-13-15-41-51-43(21-25-55(39,41)6)53(4)23-19-37(29-35(53)31-45(51)59)57-47(61)9-7-8-46(60)56-36-18-22-52(3)34(28-36)30-44(58)50-40-14-12-38(32)54(40,5)24-20-42(50)52/h32-45,50-51,58-59H,7-31H2,1-6H3,(H,56,60)(H,57,61)/t32-,33+,34?,35?,36-,37+,38-,39+,40+,41-,42+,43-,44+,45-,50?,51?,52+,53-,54-,55+. The smallest absolute Gasteiger partial charge is 0.305 e. The van der Waals surface area contributed by atoms with Crippen LogP contribution in [0.4, 0.5) is 0 Å². The van der Waals surface area contributed by atoms with Crippen LogP contribution in [0, 0.1) is 92.7 Å². The van der Waals surface area contributed by atoms with Crippen molar-refractivity contribution >= 4 is 23.8 Å². The van der Waals surface area contributed by atoms with Crippen LogP contribution in [0.25, 0.3) is 0 Å². The van der Waals surface area contributed by atoms with E-state index in [1.807, 2.05) is 0 Å². The van der Waals surface area contributed by atoms with E-state index in [2.05, 4.69) is 52.2 Å². The van der Waals surface area contributed by atoms with Crippen molar-refractivity contribution in [2.24, 2.45) is 92.7 Å². The highest BCUT2D eigenvalue weighted by molar-refractivity contribution is 5.79. The summed E-state index contributed by atoms with van der Waals surface area (Å²) in [5.74, 6) is 4.71. The van der Waals surface area contributed by atoms with Gasteiger partial charge in [0.15, 0.2) is 0 Å². The van der Waals surface area contributed by atoms with Crippen molar-refractivity contribution in [3.63, 3.8) is 0 Å². The van der Waals surface area contributed by atoms with Gasteiger partial charge in [-0.1, -0.05) is 41.5 Å². The first-order valence-corrected chi connectivity index (χ1v) is 27.2. The Kier molecular flexibility index (Phi) is 13.7. The summed E-state index contributed by atoms with van der Waals surface area (Å²) >= 11 is 0. The molecule has 4 aliphatic heterocycles. The van der Waals surface area contributed by atoms with E-state index in [0.717, 1.165) is 116 Å². The molecule has 12 fully saturated rings. The molecule has 4 saturated heterocycles. The third kappa shape index (κ3) is 8.76. The summed E-state index contributed by atoms with van der Waals surface area (Å²) in [4.78, 5) is 52.7. The lowest BCUT2D eigenvalue weighted by molar-refractivity contribution is -0.167. The maximum atomic E-state index is 13.4. The first kappa shape index (κ1) is 47.8. The van der Waals surface area contributed by atoms with Gasteiger partial charge in [0, 0.05) is 37.8 Å². The molecule has 0 radical (unpaired) electrons. The van der Waals surface area contributed by atoms with Crippen LogP contribution in [0.15, 0.2) is 0 Å². The SMILES string of the molecule is C[C@@H]1CCC(=O)OCCOC(=O)CC[C@H](C)[C@@H]2CC[C@@H]3C4[C@H](O)CC5C[C@H](CC[C@@]5(C)[C@@H]4CC[C@]32C)NC(=O)CCCC(=O)N[C@@H]2CC[C@@]3(C)C(C2)C[C@H](O)C2[C@@H]4CC[C@H]1[C@@]4(C)CC[C@@H]23. The lowest BCUT2D eigenvalue weighted by Gasteiger charge is -2.62. The van der Waals surface area contributed by atoms with Crippen LogP contribution in [0.1, 0.15) is 189 Å². The number of esters is 2. The molecule has 2 amide bonds. The molecular formula is C55H88N2O8. The molecule has 0 aromatic rings. The Morgan fingerprint density at radius 1 is 0.462 bits per heavy atom. The van der Waals surface area contributed by atoms with Crippen molar-refractivity contribution in [2.75, 3.05) is 13.2 Å². The quantitative estimate of drug-likeness (QED) is 0.176. The Balaban J connectivity index is 0.857. The topological polar surface area (TPSA) is 151 Å². The summed E-state index contributed by atoms with van der Waals surface area (Å²) in [5, 5.41) is 30.7. The zero-order chi connectivity index (χ0) is 46.1. The molecule has 4 N–H and O–H groups in total. The summed E-state index contributed by atoms with van der Waals surface area (Å²) in [6.45, 7) is 14.8. The first-order chi connectivity index (χ1) is 30.9. The van der Waals surface area contributed by atoms with E-state index in [4.69, 9.17) is 9.47 Å². The first-order valence-electron chi connectivity index (χ1n) is 27.2. The summed E-state index contributed by atoms with van der Waals surface area (Å²) in [6.07, 6.45) is 19.6. The van der Waals surface area contributed by atoms with Crippen LogP contribution < -0.4 is 10.6 Å². The average Bonchev–Trinajstić information content (AvgIpc) is 3.81. The number of aliphatic hydroxyl groups is 2. The Morgan fingerprint density at radius 2 is 0.831 bits per heavy atom. The van der Waals surface area contributed by atoms with Gasteiger partial charge < -0.3 is 30.3 Å². The highest BCUT2D eigenvalue weighted by atomic mass is 16.6. The van der Waals surface area contributed by atoms with Gasteiger partial charge in [-0.3, -0.25) is 19.2 Å². The number of amides is 2. The highest BCUT2D eigenvalue weighted by Gasteiger charge is 2.65. The molecule has 366 valence electrons. The number of fused-ring (bicyclic) bond motifs is 2. The predicted octanol–water partition coefficient (Wildman–Crippen LogP) is 9.32. The van der Waals surface area contributed by atoms with Crippen LogP contribution >= 0.6 is 0 Å². The molecule has 65 heavy (non-hydrogen) atoms. The van der Waals surface area contributed by atoms with E-state index in [9.17, 15) is 29.4 Å². The van der Waals surface area contributed by atoms with Gasteiger partial charge in [-0.05, 0) is 215 Å². The number of aliphatic hydroxyl groups excluding tert-OH is 2. The second-order valence-corrected chi connectivity index (χ2v) is 25.5. The number of ether oxygens (including phenoxy) is 2. The van der Waals surface area contributed by atoms with E-state index in [-0.39, 0.29) is 82.9 Å². The molecule has 4 unspecified atom stereocenters. The van der Waals surface area contributed by atoms with Gasteiger partial charge in [-0.15, -0.1) is 0 Å². The van der Waals surface area contributed by atoms with Crippen LogP contribution in [-0.4, -0.2) is 71.5 Å². The lowest BCUT2D eigenvalue weighted by atomic mass is 9.43. The minimum Gasteiger partial charge on any atom is -0.462 e. The Morgan fingerprint density at radius 3 is 1.25 bits per heavy atom. The van der Waals surface area contributed by atoms with Crippen molar-refractivity contribution in [2.45, 2.75) is 214 Å². The van der Waals surface area contributed by atoms with Gasteiger partial charge in [0.25, 0.3) is 0 Å². The monoisotopic (exact) mass is 905 g/mol. The van der Waals surface area contributed by atoms with E-state index in [1.165, 1.54) is 0 Å². The van der Waals surface area contributed by atoms with Crippen molar-refractivity contribution in [3.05, 3.63) is 0 Å². The van der Waals surface area contributed by atoms with Crippen molar-refractivity contribution < 1.29 is 38.9 Å². The summed E-state index contributed by atoms with van der Waals surface area (Å²) in [6, 6.07) is 0.232. The van der Waals surface area contributed by atoms with Gasteiger partial charge in [0.05, 0.1) is 12.2 Å². The number of nitrogens with one attached hydrogen (secondary N) is 2. The van der Waals surface area contributed by atoms with Crippen LogP contribution in [0.5, 0.6) is 0 Å². The van der Waals surface area contributed by atoms with Gasteiger partial charge in [0.2, 0.25) is 11.8 Å². The molecule has 8 aliphatic carbocycles. The molecule has 12 rings (SSSR count). The molecular weight excluding hydrogens is 817 g/mol. The maximum Gasteiger partial charge on any atom is 0.305 e. The molecule has 0 aromatic heterocycles. The van der Waals surface area contributed by atoms with Crippen molar-refractivity contribution in [3.8, 4) is 0 Å². The molecule has 10 heteroatoms. The third-order valence-electron chi connectivity index (χ3n) is 22.6. The molecule has 13 bridgehead atoms. The largest absolute Gasteiger partial charge is 0.462 e. The second kappa shape index (κ2) is 18.6. The third-order valence-corrected chi connectivity index (χ3v) is 22.6. The fourth-order valence-corrected chi connectivity index (χ4v) is 19.2. The zero-order valence-electron chi connectivity index (χ0n) is 41.3. The molecule has 4 heterocycles. The van der Waals surface area contributed by atoms with E-state index < -0.39 is 0 Å². The fraction of sp³-hybridized carbons (Fsp3) is 0.927. The minimum atomic E-state index is -0.329. The van der Waals surface area contributed by atoms with Gasteiger partial charge >= 0.3 is 11.9 Å². The fourth-order valence-electron chi connectivity index (χ4n) is 19.2. The minimum absolute atomic E-state index is 0.0436. The number of carbonyl (C=O) groups is 4. The molecule has 12 aliphatic rings. The summed E-state index contributed by atoms with van der Waals surface area (Å²) in [5.41, 5.74) is 0.609. The van der Waals surface area contributed by atoms with E-state index in [0.29, 0.717) is 103 Å². The Hall–Kier alpha value is -2.20. The molecule has 20 atom stereocenters. The number of hydrogen-bond acceptors (Lipinski definition) is 8. The van der Waals surface area contributed by atoms with Gasteiger partial charge in [-0.25, -0.2) is 0 Å². The highest BCUT2D eigenvalue weighted by Crippen LogP contribution is 2.70. The second-order valence-electron chi connectivity index (χ2n) is 25.5. The molecule has 10 nitrogen and oxygen atoms in total. The zero-order valence-corrected chi connectivity index (χ0v) is 41.3. The molecule has 8 saturated carbocycles. The average molecular weight is 905 g/mol. The molecule has 0 spiro atoms. The summed E-state index contributed by atoms with van der Waals surface area (Å²) in [7, 11) is 0. The van der Waals surface area contributed by atoms with Crippen LogP contribution in [0.2, 0.25) is 0 Å². The lowest BCUT2D eigenvalue weighted by Crippen LogP contribution is -2.59. The normalized spacial score (nSPS) is 51.3. The van der Waals surface area contributed by atoms with Crippen LogP contribution in [0.3, 0.4) is 0 Å². The number of rotatable bonds is 0. The Bertz CT molecular complexity index is 1650. The predicted molar refractivity (Wildman–Crippen MR) is 250 cm³/mol. The van der Waals surface area contributed by atoms with Crippen molar-refractivity contribution in [1.82, 2.24) is 10.6 Å². The number of hydrogen-bond donors (Lipinski definition) is 4. The van der Waals surface area contributed by atoms with Gasteiger partial charge in [0.1, 0.15) is 13.2 Å². The Labute approximate surface area is 391 Å². The van der Waals surface area contributed by atoms with Crippen LogP contribution in [-0.2, 0) is 28.7 Å². The maximum absolute atomic E-state index is 13.4.